The zero-order valence-corrected chi connectivity index (χ0v) is 11.2. The number of halogens is 1. The Bertz CT molecular complexity index is 611. The van der Waals surface area contributed by atoms with E-state index in [4.69, 9.17) is 17.3 Å². The lowest BCUT2D eigenvalue weighted by atomic mass is 9.97. The Morgan fingerprint density at radius 1 is 1.26 bits per heavy atom. The topological polar surface area (TPSA) is 63.3 Å². The van der Waals surface area contributed by atoms with Crippen LogP contribution in [0.2, 0.25) is 5.02 Å². The number of nitrogen functional groups attached to an aromatic ring is 1. The molecule has 0 spiro atoms. The van der Waals surface area contributed by atoms with Gasteiger partial charge in [-0.3, -0.25) is 4.79 Å². The van der Waals surface area contributed by atoms with Crippen molar-refractivity contribution in [3.63, 3.8) is 0 Å². The minimum atomic E-state index is -1.23. The van der Waals surface area contributed by atoms with Crippen LogP contribution in [0.1, 0.15) is 27.6 Å². The van der Waals surface area contributed by atoms with Crippen LogP contribution in [0.4, 0.5) is 5.69 Å². The van der Waals surface area contributed by atoms with E-state index >= 15 is 0 Å². The molecular formula is C15H14ClNO2. The average Bonchev–Trinajstić information content (AvgIpc) is 2.42. The molecule has 3 nitrogen and oxygen atoms in total. The van der Waals surface area contributed by atoms with Gasteiger partial charge in [0.15, 0.2) is 5.78 Å². The fraction of sp³-hybridized carbons (Fsp3) is 0.133. The Kier molecular flexibility index (Phi) is 3.88. The van der Waals surface area contributed by atoms with Crippen molar-refractivity contribution in [2.24, 2.45) is 0 Å². The van der Waals surface area contributed by atoms with Crippen molar-refractivity contribution in [3.8, 4) is 0 Å². The minimum Gasteiger partial charge on any atom is -0.398 e. The molecule has 4 heteroatoms. The van der Waals surface area contributed by atoms with Crippen molar-refractivity contribution in [3.05, 3.63) is 64.2 Å². The predicted molar refractivity (Wildman–Crippen MR) is 76.3 cm³/mol. The summed E-state index contributed by atoms with van der Waals surface area (Å²) in [6.07, 6.45) is -1.23. The van der Waals surface area contributed by atoms with Crippen molar-refractivity contribution >= 4 is 23.1 Å². The van der Waals surface area contributed by atoms with Gasteiger partial charge < -0.3 is 10.8 Å². The molecule has 0 fully saturated rings. The summed E-state index contributed by atoms with van der Waals surface area (Å²) in [7, 11) is 0. The summed E-state index contributed by atoms with van der Waals surface area (Å²) in [5.74, 6) is -0.450. The normalized spacial score (nSPS) is 12.2. The fourth-order valence-corrected chi connectivity index (χ4v) is 2.16. The molecule has 0 amide bonds. The average molecular weight is 276 g/mol. The van der Waals surface area contributed by atoms with E-state index in [0.717, 1.165) is 5.56 Å². The molecule has 3 N–H and O–H groups in total. The number of nitrogens with two attached hydrogens (primary N) is 1. The van der Waals surface area contributed by atoms with Gasteiger partial charge >= 0.3 is 0 Å². The molecule has 0 bridgehead atoms. The molecule has 0 saturated carbocycles. The van der Waals surface area contributed by atoms with Crippen LogP contribution in [0.5, 0.6) is 0 Å². The Morgan fingerprint density at radius 2 is 1.89 bits per heavy atom. The van der Waals surface area contributed by atoms with Crippen molar-refractivity contribution < 1.29 is 9.90 Å². The first-order valence-corrected chi connectivity index (χ1v) is 6.21. The second-order valence-electron chi connectivity index (χ2n) is 4.36. The van der Waals surface area contributed by atoms with E-state index in [1.54, 1.807) is 37.3 Å². The molecule has 0 aliphatic carbocycles. The van der Waals surface area contributed by atoms with Crippen LogP contribution in [0, 0.1) is 6.92 Å². The Labute approximate surface area is 116 Å². The van der Waals surface area contributed by atoms with Gasteiger partial charge in [-0.2, -0.15) is 0 Å². The van der Waals surface area contributed by atoms with Crippen LogP contribution in [0.3, 0.4) is 0 Å². The van der Waals surface area contributed by atoms with E-state index in [1.807, 2.05) is 6.07 Å². The second kappa shape index (κ2) is 5.43. The van der Waals surface area contributed by atoms with E-state index in [0.29, 0.717) is 16.3 Å². The van der Waals surface area contributed by atoms with Crippen molar-refractivity contribution in [1.29, 1.82) is 0 Å². The van der Waals surface area contributed by atoms with Gasteiger partial charge in [0.25, 0.3) is 0 Å². The summed E-state index contributed by atoms with van der Waals surface area (Å²) in [5, 5.41) is 10.5. The van der Waals surface area contributed by atoms with Crippen LogP contribution < -0.4 is 5.73 Å². The molecule has 1 unspecified atom stereocenters. The monoisotopic (exact) mass is 275 g/mol. The van der Waals surface area contributed by atoms with Gasteiger partial charge in [-0.25, -0.2) is 0 Å². The Morgan fingerprint density at radius 3 is 2.53 bits per heavy atom. The van der Waals surface area contributed by atoms with E-state index < -0.39 is 11.9 Å². The molecule has 98 valence electrons. The molecule has 0 heterocycles. The first-order chi connectivity index (χ1) is 9.00. The molecule has 0 radical (unpaired) electrons. The largest absolute Gasteiger partial charge is 0.398 e. The summed E-state index contributed by atoms with van der Waals surface area (Å²) in [5.41, 5.74) is 7.73. The van der Waals surface area contributed by atoms with Gasteiger partial charge in [-0.15, -0.1) is 0 Å². The third-order valence-corrected chi connectivity index (χ3v) is 3.20. The number of aliphatic hydroxyl groups excluding tert-OH is 1. The Balaban J connectivity index is 2.40. The number of benzene rings is 2. The molecule has 0 aliphatic rings. The number of aryl methyl sites for hydroxylation is 1. The number of aliphatic hydroxyl groups is 1. The Hall–Kier alpha value is -1.84. The maximum Gasteiger partial charge on any atom is 0.197 e. The highest BCUT2D eigenvalue weighted by molar-refractivity contribution is 6.31. The second-order valence-corrected chi connectivity index (χ2v) is 4.80. The third-order valence-electron chi connectivity index (χ3n) is 2.98. The summed E-state index contributed by atoms with van der Waals surface area (Å²) in [6.45, 7) is 1.77. The van der Waals surface area contributed by atoms with Gasteiger partial charge in [0.1, 0.15) is 6.10 Å². The van der Waals surface area contributed by atoms with Crippen LogP contribution in [-0.2, 0) is 0 Å². The molecule has 19 heavy (non-hydrogen) atoms. The maximum atomic E-state index is 12.3. The molecule has 2 rings (SSSR count). The van der Waals surface area contributed by atoms with Gasteiger partial charge in [0.2, 0.25) is 0 Å². The third kappa shape index (κ3) is 2.78. The lowest BCUT2D eigenvalue weighted by molar-refractivity contribution is 0.0748. The van der Waals surface area contributed by atoms with E-state index in [-0.39, 0.29) is 5.56 Å². The van der Waals surface area contributed by atoms with Crippen LogP contribution in [0.15, 0.2) is 42.5 Å². The number of carbonyl (C=O) groups is 1. The van der Waals surface area contributed by atoms with Crippen molar-refractivity contribution in [2.75, 3.05) is 5.73 Å². The zero-order valence-electron chi connectivity index (χ0n) is 10.4. The van der Waals surface area contributed by atoms with E-state index in [2.05, 4.69) is 0 Å². The number of hydrogen-bond acceptors (Lipinski definition) is 3. The SMILES string of the molecule is Cc1cc(Cl)cc(C(=O)C(O)c2ccccc2)c1N. The molecule has 0 aromatic heterocycles. The summed E-state index contributed by atoms with van der Waals surface area (Å²) < 4.78 is 0. The molecule has 0 aliphatic heterocycles. The number of carbonyl (C=O) groups excluding carboxylic acids is 1. The first-order valence-electron chi connectivity index (χ1n) is 5.83. The lowest BCUT2D eigenvalue weighted by Gasteiger charge is -2.13. The number of Topliss-reactive ketones (excluding diaryl/α,β-unsaturated/α-hetero) is 1. The van der Waals surface area contributed by atoms with E-state index in [1.165, 1.54) is 6.07 Å². The number of hydrogen-bond donors (Lipinski definition) is 2. The molecular weight excluding hydrogens is 262 g/mol. The van der Waals surface area contributed by atoms with Crippen molar-refractivity contribution in [2.45, 2.75) is 13.0 Å². The molecule has 0 saturated heterocycles. The minimum absolute atomic E-state index is 0.251. The van der Waals surface area contributed by atoms with Gasteiger partial charge in [0, 0.05) is 16.3 Å². The highest BCUT2D eigenvalue weighted by Gasteiger charge is 2.22. The van der Waals surface area contributed by atoms with Gasteiger partial charge in [-0.1, -0.05) is 41.9 Å². The maximum absolute atomic E-state index is 12.3. The van der Waals surface area contributed by atoms with Gasteiger partial charge in [0.05, 0.1) is 0 Å². The van der Waals surface area contributed by atoms with Gasteiger partial charge in [-0.05, 0) is 30.2 Å². The van der Waals surface area contributed by atoms with Crippen LogP contribution >= 0.6 is 11.6 Å². The number of rotatable bonds is 3. The summed E-state index contributed by atoms with van der Waals surface area (Å²) in [6, 6.07) is 11.9. The summed E-state index contributed by atoms with van der Waals surface area (Å²) in [4.78, 5) is 12.3. The fourth-order valence-electron chi connectivity index (χ4n) is 1.89. The van der Waals surface area contributed by atoms with Crippen LogP contribution in [-0.4, -0.2) is 10.9 Å². The number of ketones is 1. The molecule has 2 aromatic carbocycles. The quantitative estimate of drug-likeness (QED) is 0.668. The number of anilines is 1. The van der Waals surface area contributed by atoms with E-state index in [9.17, 15) is 9.90 Å². The zero-order chi connectivity index (χ0) is 14.0. The predicted octanol–water partition coefficient (Wildman–Crippen LogP) is 3.15. The first kappa shape index (κ1) is 13.6. The van der Waals surface area contributed by atoms with Crippen LogP contribution in [0.25, 0.3) is 0 Å². The molecule has 2 aromatic rings. The smallest absolute Gasteiger partial charge is 0.197 e. The lowest BCUT2D eigenvalue weighted by Crippen LogP contribution is -2.14. The highest BCUT2D eigenvalue weighted by Crippen LogP contribution is 2.27. The standard InChI is InChI=1S/C15H14ClNO2/c1-9-7-11(16)8-12(13(9)17)15(19)14(18)10-5-3-2-4-6-10/h2-8,14,18H,17H2,1H3. The molecule has 1 atom stereocenters. The van der Waals surface area contributed by atoms with Crippen molar-refractivity contribution in [1.82, 2.24) is 0 Å². The highest BCUT2D eigenvalue weighted by atomic mass is 35.5. The summed E-state index contributed by atoms with van der Waals surface area (Å²) >= 11 is 5.93.